The van der Waals surface area contributed by atoms with Crippen molar-refractivity contribution in [1.29, 1.82) is 0 Å². The first-order chi connectivity index (χ1) is 8.38. The van der Waals surface area contributed by atoms with Crippen LogP contribution < -0.4 is 5.32 Å². The van der Waals surface area contributed by atoms with Gasteiger partial charge in [-0.2, -0.15) is 0 Å². The summed E-state index contributed by atoms with van der Waals surface area (Å²) in [4.78, 5) is 0. The Morgan fingerprint density at radius 3 is 2.88 bits per heavy atom. The lowest BCUT2D eigenvalue weighted by atomic mass is 9.85. The molecule has 0 amide bonds. The predicted molar refractivity (Wildman–Crippen MR) is 72.0 cm³/mol. The van der Waals surface area contributed by atoms with Gasteiger partial charge in [0.1, 0.15) is 0 Å². The van der Waals surface area contributed by atoms with Gasteiger partial charge in [0.15, 0.2) is 0 Å². The second kappa shape index (κ2) is 4.53. The third-order valence-electron chi connectivity index (χ3n) is 3.92. The van der Waals surface area contributed by atoms with E-state index in [4.69, 9.17) is 0 Å². The Morgan fingerprint density at radius 1 is 1.29 bits per heavy atom. The van der Waals surface area contributed by atoms with E-state index < -0.39 is 0 Å². The van der Waals surface area contributed by atoms with Gasteiger partial charge in [0.2, 0.25) is 0 Å². The molecule has 3 rings (SSSR count). The van der Waals surface area contributed by atoms with Crippen molar-refractivity contribution in [2.45, 2.75) is 32.4 Å². The lowest BCUT2D eigenvalue weighted by Crippen LogP contribution is -2.18. The van der Waals surface area contributed by atoms with E-state index in [9.17, 15) is 0 Å². The molecule has 0 radical (unpaired) electrons. The van der Waals surface area contributed by atoms with Crippen molar-refractivity contribution in [2.75, 3.05) is 7.05 Å². The van der Waals surface area contributed by atoms with Crippen molar-refractivity contribution >= 4 is 10.9 Å². The maximum Gasteiger partial charge on any atom is 0.0525 e. The topological polar surface area (TPSA) is 17.0 Å². The van der Waals surface area contributed by atoms with Crippen molar-refractivity contribution in [2.24, 2.45) is 5.92 Å². The molecule has 0 saturated heterocycles. The molecule has 2 heteroatoms. The molecule has 2 aromatic rings. The first-order valence-electron chi connectivity index (χ1n) is 6.60. The van der Waals surface area contributed by atoms with Crippen LogP contribution in [0.25, 0.3) is 10.9 Å². The number of fused-ring (bicyclic) bond motifs is 1. The monoisotopic (exact) mass is 228 g/mol. The van der Waals surface area contributed by atoms with E-state index in [1.807, 2.05) is 7.05 Å². The Labute approximate surface area is 103 Å². The van der Waals surface area contributed by atoms with E-state index in [-0.39, 0.29) is 0 Å². The summed E-state index contributed by atoms with van der Waals surface area (Å²) in [5, 5.41) is 4.63. The molecule has 1 aromatic carbocycles. The van der Waals surface area contributed by atoms with Crippen molar-refractivity contribution in [3.8, 4) is 0 Å². The second-order valence-corrected chi connectivity index (χ2v) is 5.15. The highest BCUT2D eigenvalue weighted by Gasteiger charge is 2.18. The van der Waals surface area contributed by atoms with Gasteiger partial charge in [-0.3, -0.25) is 0 Å². The zero-order valence-electron chi connectivity index (χ0n) is 10.4. The summed E-state index contributed by atoms with van der Waals surface area (Å²) in [6.07, 6.45) is 6.50. The third kappa shape index (κ3) is 1.98. The molecule has 1 heterocycles. The molecule has 1 aromatic heterocycles. The molecule has 2 nitrogen and oxygen atoms in total. The van der Waals surface area contributed by atoms with Gasteiger partial charge >= 0.3 is 0 Å². The average Bonchev–Trinajstić information content (AvgIpc) is 2.68. The number of hydrogen-bond donors (Lipinski definition) is 1. The van der Waals surface area contributed by atoms with Crippen molar-refractivity contribution in [3.63, 3.8) is 0 Å². The molecule has 1 N–H and O–H groups in total. The summed E-state index contributed by atoms with van der Waals surface area (Å²) in [6, 6.07) is 8.84. The van der Waals surface area contributed by atoms with Gasteiger partial charge in [-0.15, -0.1) is 0 Å². The Morgan fingerprint density at radius 2 is 2.18 bits per heavy atom. The summed E-state index contributed by atoms with van der Waals surface area (Å²) in [6.45, 7) is 2.15. The molecule has 1 saturated carbocycles. The second-order valence-electron chi connectivity index (χ2n) is 5.15. The number of hydrogen-bond acceptors (Lipinski definition) is 1. The Hall–Kier alpha value is -1.28. The third-order valence-corrected chi connectivity index (χ3v) is 3.92. The average molecular weight is 228 g/mol. The zero-order valence-corrected chi connectivity index (χ0v) is 10.4. The highest BCUT2D eigenvalue weighted by atomic mass is 15.0. The summed E-state index contributed by atoms with van der Waals surface area (Å²) >= 11 is 0. The minimum Gasteiger partial charge on any atom is -0.347 e. The maximum absolute atomic E-state index is 3.26. The molecular formula is C15H20N2. The molecule has 0 atom stereocenters. The summed E-state index contributed by atoms with van der Waals surface area (Å²) in [5.74, 6) is 0.910. The number of nitrogens with zero attached hydrogens (tertiary/aromatic N) is 1. The van der Waals surface area contributed by atoms with Gasteiger partial charge in [-0.25, -0.2) is 0 Å². The zero-order chi connectivity index (χ0) is 11.7. The molecule has 17 heavy (non-hydrogen) atoms. The van der Waals surface area contributed by atoms with Crippen LogP contribution in [0.5, 0.6) is 0 Å². The van der Waals surface area contributed by atoms with E-state index in [1.54, 1.807) is 0 Å². The molecule has 0 aliphatic heterocycles. The molecule has 0 unspecified atom stereocenters. The van der Waals surface area contributed by atoms with E-state index in [1.165, 1.54) is 42.3 Å². The van der Waals surface area contributed by atoms with Gasteiger partial charge in [-0.1, -0.05) is 24.6 Å². The largest absolute Gasteiger partial charge is 0.347 e. The van der Waals surface area contributed by atoms with Gasteiger partial charge in [0.25, 0.3) is 0 Å². The summed E-state index contributed by atoms with van der Waals surface area (Å²) < 4.78 is 2.45. The van der Waals surface area contributed by atoms with Crippen LogP contribution in [0.3, 0.4) is 0 Å². The van der Waals surface area contributed by atoms with E-state index in [2.05, 4.69) is 40.3 Å². The molecule has 90 valence electrons. The van der Waals surface area contributed by atoms with Gasteiger partial charge in [-0.05, 0) is 42.8 Å². The first kappa shape index (κ1) is 10.8. The molecular weight excluding hydrogens is 208 g/mol. The molecule has 1 aliphatic carbocycles. The predicted octanol–water partition coefficient (Wildman–Crippen LogP) is 3.16. The van der Waals surface area contributed by atoms with Crippen LogP contribution in [0.1, 0.15) is 24.8 Å². The van der Waals surface area contributed by atoms with Crippen LogP contribution in [0.2, 0.25) is 0 Å². The fourth-order valence-electron chi connectivity index (χ4n) is 2.78. The van der Waals surface area contributed by atoms with Gasteiger partial charge in [0, 0.05) is 19.3 Å². The lowest BCUT2D eigenvalue weighted by molar-refractivity contribution is 0.279. The van der Waals surface area contributed by atoms with Gasteiger partial charge in [0.05, 0.1) is 5.52 Å². The SMILES string of the molecule is CNCc1cccc2ccn(CC3CCC3)c12. The van der Waals surface area contributed by atoms with Crippen molar-refractivity contribution in [1.82, 2.24) is 9.88 Å². The molecule has 0 bridgehead atoms. The van der Waals surface area contributed by atoms with Crippen molar-refractivity contribution in [3.05, 3.63) is 36.0 Å². The number of benzene rings is 1. The minimum absolute atomic E-state index is 0.910. The normalized spacial score (nSPS) is 16.3. The minimum atomic E-state index is 0.910. The molecule has 1 fully saturated rings. The Bertz CT molecular complexity index is 509. The van der Waals surface area contributed by atoms with Crippen molar-refractivity contribution < 1.29 is 0 Å². The van der Waals surface area contributed by atoms with E-state index >= 15 is 0 Å². The van der Waals surface area contributed by atoms with Crippen LogP contribution >= 0.6 is 0 Å². The van der Waals surface area contributed by atoms with E-state index in [0.29, 0.717) is 0 Å². The molecule has 1 aliphatic rings. The summed E-state index contributed by atoms with van der Waals surface area (Å²) in [7, 11) is 2.01. The van der Waals surface area contributed by atoms with Crippen LogP contribution in [0, 0.1) is 5.92 Å². The van der Waals surface area contributed by atoms with Crippen LogP contribution in [0.15, 0.2) is 30.5 Å². The number of nitrogens with one attached hydrogen (secondary N) is 1. The summed E-state index contributed by atoms with van der Waals surface area (Å²) in [5.41, 5.74) is 2.84. The Kier molecular flexibility index (Phi) is 2.89. The van der Waals surface area contributed by atoms with Crippen LogP contribution in [-0.2, 0) is 13.1 Å². The standard InChI is InChI=1S/C15H20N2/c1-16-10-14-7-3-6-13-8-9-17(15(13)14)11-12-4-2-5-12/h3,6-9,12,16H,2,4-5,10-11H2,1H3. The number of para-hydroxylation sites is 1. The highest BCUT2D eigenvalue weighted by molar-refractivity contribution is 5.83. The van der Waals surface area contributed by atoms with Crippen LogP contribution in [-0.4, -0.2) is 11.6 Å². The smallest absolute Gasteiger partial charge is 0.0525 e. The molecule has 0 spiro atoms. The Balaban J connectivity index is 1.98. The number of aromatic nitrogens is 1. The van der Waals surface area contributed by atoms with E-state index in [0.717, 1.165) is 12.5 Å². The highest BCUT2D eigenvalue weighted by Crippen LogP contribution is 2.30. The lowest BCUT2D eigenvalue weighted by Gasteiger charge is -2.26. The van der Waals surface area contributed by atoms with Gasteiger partial charge < -0.3 is 9.88 Å². The fourth-order valence-corrected chi connectivity index (χ4v) is 2.78. The van der Waals surface area contributed by atoms with Crippen LogP contribution in [0.4, 0.5) is 0 Å². The fraction of sp³-hybridized carbons (Fsp3) is 0.467. The maximum atomic E-state index is 3.26. The quantitative estimate of drug-likeness (QED) is 0.850. The first-order valence-corrected chi connectivity index (χ1v) is 6.60. The number of rotatable bonds is 4.